The molecule has 1 N–H and O–H groups in total. The van der Waals surface area contributed by atoms with Crippen LogP contribution in [0.5, 0.6) is 0 Å². The van der Waals surface area contributed by atoms with Crippen LogP contribution in [-0.2, 0) is 4.74 Å². The minimum absolute atomic E-state index is 0.272. The molecule has 0 spiro atoms. The summed E-state index contributed by atoms with van der Waals surface area (Å²) in [4.78, 5) is 0. The number of hydrogen-bond acceptors (Lipinski definition) is 2. The Morgan fingerprint density at radius 1 is 1.24 bits per heavy atom. The average Bonchev–Trinajstić information content (AvgIpc) is 2.24. The van der Waals surface area contributed by atoms with Gasteiger partial charge in [-0.2, -0.15) is 0 Å². The molecule has 1 rings (SSSR count). The van der Waals surface area contributed by atoms with Crippen molar-refractivity contribution in [3.05, 3.63) is 0 Å². The molecule has 17 heavy (non-hydrogen) atoms. The zero-order chi connectivity index (χ0) is 12.9. The number of hydrogen-bond donors (Lipinski definition) is 1. The van der Waals surface area contributed by atoms with Gasteiger partial charge in [-0.3, -0.25) is 0 Å². The predicted octanol–water partition coefficient (Wildman–Crippen LogP) is 3.61. The summed E-state index contributed by atoms with van der Waals surface area (Å²) in [5, 5.41) is 3.55. The zero-order valence-corrected chi connectivity index (χ0v) is 12.4. The highest BCUT2D eigenvalue weighted by Crippen LogP contribution is 2.27. The lowest BCUT2D eigenvalue weighted by molar-refractivity contribution is -0.0279. The lowest BCUT2D eigenvalue weighted by Crippen LogP contribution is -2.45. The van der Waals surface area contributed by atoms with Crippen LogP contribution < -0.4 is 5.32 Å². The quantitative estimate of drug-likeness (QED) is 0.794. The topological polar surface area (TPSA) is 21.3 Å². The van der Waals surface area contributed by atoms with Crippen molar-refractivity contribution in [2.75, 3.05) is 13.2 Å². The van der Waals surface area contributed by atoms with Gasteiger partial charge in [0.1, 0.15) is 0 Å². The molecule has 102 valence electrons. The minimum Gasteiger partial charge on any atom is -0.376 e. The molecule has 3 atom stereocenters. The molecule has 0 bridgehead atoms. The number of likely N-dealkylation sites (N-methyl/N-ethyl adjacent to an activating group) is 1. The summed E-state index contributed by atoms with van der Waals surface area (Å²) in [5.74, 6) is 0.742. The molecular weight excluding hydrogens is 210 g/mol. The third-order valence-electron chi connectivity index (χ3n) is 4.01. The van der Waals surface area contributed by atoms with Crippen molar-refractivity contribution in [2.45, 2.75) is 72.4 Å². The summed E-state index contributed by atoms with van der Waals surface area (Å²) in [6, 6.07) is 0.460. The van der Waals surface area contributed by atoms with Gasteiger partial charge in [0, 0.05) is 6.04 Å². The smallest absolute Gasteiger partial charge is 0.0628 e. The molecule has 1 aliphatic rings. The molecule has 0 amide bonds. The van der Waals surface area contributed by atoms with E-state index in [2.05, 4.69) is 39.9 Å². The van der Waals surface area contributed by atoms with E-state index in [0.717, 1.165) is 19.1 Å². The van der Waals surface area contributed by atoms with Crippen LogP contribution in [0.15, 0.2) is 0 Å². The summed E-state index contributed by atoms with van der Waals surface area (Å²) in [7, 11) is 0. The second-order valence-corrected chi connectivity index (χ2v) is 6.61. The van der Waals surface area contributed by atoms with Crippen molar-refractivity contribution >= 4 is 0 Å². The van der Waals surface area contributed by atoms with Crippen LogP contribution in [0, 0.1) is 11.3 Å². The van der Waals surface area contributed by atoms with Crippen LogP contribution in [-0.4, -0.2) is 25.3 Å². The van der Waals surface area contributed by atoms with Gasteiger partial charge in [-0.15, -0.1) is 0 Å². The average molecular weight is 241 g/mol. The van der Waals surface area contributed by atoms with E-state index in [1.807, 2.05) is 0 Å². The summed E-state index contributed by atoms with van der Waals surface area (Å²) in [6.45, 7) is 13.2. The van der Waals surface area contributed by atoms with Crippen molar-refractivity contribution in [3.8, 4) is 0 Å². The molecule has 2 heteroatoms. The molecule has 1 fully saturated rings. The van der Waals surface area contributed by atoms with Crippen molar-refractivity contribution in [1.82, 2.24) is 5.32 Å². The molecule has 2 nitrogen and oxygen atoms in total. The molecule has 0 radical (unpaired) electrons. The van der Waals surface area contributed by atoms with E-state index in [1.165, 1.54) is 25.7 Å². The second kappa shape index (κ2) is 6.75. The highest BCUT2D eigenvalue weighted by atomic mass is 16.5. The molecule has 0 aromatic rings. The summed E-state index contributed by atoms with van der Waals surface area (Å²) in [6.07, 6.45) is 5.82. The summed E-state index contributed by atoms with van der Waals surface area (Å²) < 4.78 is 6.17. The van der Waals surface area contributed by atoms with Crippen LogP contribution in [0.25, 0.3) is 0 Å². The predicted molar refractivity (Wildman–Crippen MR) is 74.3 cm³/mol. The van der Waals surface area contributed by atoms with E-state index in [4.69, 9.17) is 4.74 Å². The van der Waals surface area contributed by atoms with Crippen molar-refractivity contribution in [1.29, 1.82) is 0 Å². The second-order valence-electron chi connectivity index (χ2n) is 6.61. The number of nitrogens with one attached hydrogen (secondary N) is 1. The molecule has 0 heterocycles. The van der Waals surface area contributed by atoms with E-state index < -0.39 is 0 Å². The van der Waals surface area contributed by atoms with Gasteiger partial charge < -0.3 is 10.1 Å². The van der Waals surface area contributed by atoms with E-state index >= 15 is 0 Å². The Balaban J connectivity index is 2.40. The fourth-order valence-corrected chi connectivity index (χ4v) is 2.61. The van der Waals surface area contributed by atoms with Gasteiger partial charge >= 0.3 is 0 Å². The molecule has 3 unspecified atom stereocenters. The molecule has 0 aliphatic heterocycles. The van der Waals surface area contributed by atoms with Crippen molar-refractivity contribution in [2.24, 2.45) is 11.3 Å². The first-order valence-electron chi connectivity index (χ1n) is 7.30. The lowest BCUT2D eigenvalue weighted by Gasteiger charge is -2.35. The Kier molecular flexibility index (Phi) is 5.94. The van der Waals surface area contributed by atoms with E-state index in [9.17, 15) is 0 Å². The minimum atomic E-state index is 0.272. The Morgan fingerprint density at radius 3 is 2.41 bits per heavy atom. The first kappa shape index (κ1) is 15.0. The Morgan fingerprint density at radius 2 is 1.88 bits per heavy atom. The van der Waals surface area contributed by atoms with Gasteiger partial charge in [0.2, 0.25) is 0 Å². The Bertz CT molecular complexity index is 209. The van der Waals surface area contributed by atoms with Crippen LogP contribution in [0.4, 0.5) is 0 Å². The van der Waals surface area contributed by atoms with Gasteiger partial charge in [-0.1, -0.05) is 47.5 Å². The van der Waals surface area contributed by atoms with Crippen LogP contribution in [0.1, 0.15) is 60.3 Å². The van der Waals surface area contributed by atoms with E-state index in [-0.39, 0.29) is 5.41 Å². The van der Waals surface area contributed by atoms with Gasteiger partial charge in [0.05, 0.1) is 12.7 Å². The van der Waals surface area contributed by atoms with Crippen LogP contribution in [0.2, 0.25) is 0 Å². The molecule has 0 aromatic carbocycles. The molecule has 0 aromatic heterocycles. The maximum Gasteiger partial charge on any atom is 0.0628 e. The van der Waals surface area contributed by atoms with Crippen molar-refractivity contribution in [3.63, 3.8) is 0 Å². The molecule has 0 saturated heterocycles. The van der Waals surface area contributed by atoms with E-state index in [1.54, 1.807) is 0 Å². The third kappa shape index (κ3) is 4.97. The monoisotopic (exact) mass is 241 g/mol. The number of ether oxygens (including phenoxy) is 1. The highest BCUT2D eigenvalue weighted by Gasteiger charge is 2.27. The third-order valence-corrected chi connectivity index (χ3v) is 4.01. The normalized spacial score (nSPS) is 28.1. The molecule has 1 aliphatic carbocycles. The summed E-state index contributed by atoms with van der Waals surface area (Å²) >= 11 is 0. The lowest BCUT2D eigenvalue weighted by atomic mass is 9.86. The molecular formula is C15H31NO. The first-order chi connectivity index (χ1) is 7.95. The van der Waals surface area contributed by atoms with Crippen LogP contribution >= 0.6 is 0 Å². The fraction of sp³-hybridized carbons (Fsp3) is 1.00. The Hall–Kier alpha value is -0.0800. The van der Waals surface area contributed by atoms with Gasteiger partial charge in [-0.25, -0.2) is 0 Å². The van der Waals surface area contributed by atoms with E-state index in [0.29, 0.717) is 12.1 Å². The standard InChI is InChI=1S/C15H31NO/c1-6-16-14(15(3,4)5)11-17-13-10-8-7-9-12(13)2/h12-14,16H,6-11H2,1-5H3. The Labute approximate surface area is 108 Å². The fourth-order valence-electron chi connectivity index (χ4n) is 2.61. The van der Waals surface area contributed by atoms with Crippen molar-refractivity contribution < 1.29 is 4.74 Å². The van der Waals surface area contributed by atoms with Gasteiger partial charge in [-0.05, 0) is 30.7 Å². The first-order valence-corrected chi connectivity index (χ1v) is 7.30. The maximum atomic E-state index is 6.17. The van der Waals surface area contributed by atoms with Gasteiger partial charge in [0.25, 0.3) is 0 Å². The number of rotatable bonds is 5. The highest BCUT2D eigenvalue weighted by molar-refractivity contribution is 4.81. The summed E-state index contributed by atoms with van der Waals surface area (Å²) in [5.41, 5.74) is 0.272. The SMILES string of the molecule is CCNC(COC1CCCCC1C)C(C)(C)C. The largest absolute Gasteiger partial charge is 0.376 e. The molecule has 1 saturated carbocycles. The zero-order valence-electron chi connectivity index (χ0n) is 12.4. The van der Waals surface area contributed by atoms with Crippen LogP contribution in [0.3, 0.4) is 0 Å². The maximum absolute atomic E-state index is 6.17. The van der Waals surface area contributed by atoms with Gasteiger partial charge in [0.15, 0.2) is 0 Å².